The fourth-order valence-corrected chi connectivity index (χ4v) is 3.46. The summed E-state index contributed by atoms with van der Waals surface area (Å²) in [7, 11) is 0. The van der Waals surface area contributed by atoms with Crippen LogP contribution in [0.1, 0.15) is 38.5 Å². The molecule has 0 bridgehead atoms. The van der Waals surface area contributed by atoms with E-state index < -0.39 is 0 Å². The van der Waals surface area contributed by atoms with Crippen molar-refractivity contribution in [3.8, 4) is 0 Å². The Morgan fingerprint density at radius 3 is 1.90 bits per heavy atom. The molecule has 0 spiro atoms. The molecule has 0 aromatic carbocycles. The number of hydrogen-bond donors (Lipinski definition) is 0. The molecular formula is C15H18N2O4. The van der Waals surface area contributed by atoms with Crippen molar-refractivity contribution in [1.29, 1.82) is 0 Å². The van der Waals surface area contributed by atoms with E-state index in [0.29, 0.717) is 19.4 Å². The highest BCUT2D eigenvalue weighted by Crippen LogP contribution is 2.31. The molecule has 1 saturated carbocycles. The molecule has 0 atom stereocenters. The Kier molecular flexibility index (Phi) is 3.61. The molecule has 0 N–H and O–H groups in total. The van der Waals surface area contributed by atoms with Gasteiger partial charge in [0, 0.05) is 37.6 Å². The van der Waals surface area contributed by atoms with Crippen molar-refractivity contribution in [3.63, 3.8) is 0 Å². The molecule has 112 valence electrons. The van der Waals surface area contributed by atoms with E-state index in [9.17, 15) is 19.2 Å². The minimum Gasteiger partial charge on any atom is -0.280 e. The van der Waals surface area contributed by atoms with E-state index in [0.717, 1.165) is 25.7 Å². The third-order valence-electron chi connectivity index (χ3n) is 4.61. The van der Waals surface area contributed by atoms with E-state index in [-0.39, 0.29) is 35.6 Å². The predicted molar refractivity (Wildman–Crippen MR) is 72.7 cm³/mol. The van der Waals surface area contributed by atoms with Crippen LogP contribution in [-0.2, 0) is 19.2 Å². The normalized spacial score (nSPS) is 29.9. The van der Waals surface area contributed by atoms with Gasteiger partial charge in [-0.3, -0.25) is 29.0 Å². The standard InChI is InChI=1S/C15H18N2O4/c18-12-5-6-13(19)16(12)9-10-1-3-11(4-2-10)17-14(20)7-8-15(17)21/h5-6,10-11H,1-4,7-9H2/t10-,11-. The lowest BCUT2D eigenvalue weighted by atomic mass is 9.85. The highest BCUT2D eigenvalue weighted by molar-refractivity contribution is 6.12. The van der Waals surface area contributed by atoms with Gasteiger partial charge in [0.1, 0.15) is 0 Å². The van der Waals surface area contributed by atoms with Gasteiger partial charge in [-0.2, -0.15) is 0 Å². The zero-order valence-electron chi connectivity index (χ0n) is 11.8. The number of amides is 4. The van der Waals surface area contributed by atoms with Crippen LogP contribution < -0.4 is 0 Å². The average molecular weight is 290 g/mol. The van der Waals surface area contributed by atoms with E-state index in [2.05, 4.69) is 0 Å². The molecule has 3 aliphatic rings. The van der Waals surface area contributed by atoms with Gasteiger partial charge in [-0.25, -0.2) is 0 Å². The van der Waals surface area contributed by atoms with Gasteiger partial charge in [-0.1, -0.05) is 0 Å². The van der Waals surface area contributed by atoms with E-state index in [1.54, 1.807) is 0 Å². The fourth-order valence-electron chi connectivity index (χ4n) is 3.46. The van der Waals surface area contributed by atoms with Crippen LogP contribution in [0.2, 0.25) is 0 Å². The minimum absolute atomic E-state index is 0.00635. The first kappa shape index (κ1) is 14.0. The lowest BCUT2D eigenvalue weighted by Gasteiger charge is -2.34. The molecule has 2 fully saturated rings. The molecule has 21 heavy (non-hydrogen) atoms. The molecule has 2 aliphatic heterocycles. The number of likely N-dealkylation sites (tertiary alicyclic amines) is 1. The van der Waals surface area contributed by atoms with E-state index >= 15 is 0 Å². The van der Waals surface area contributed by atoms with Crippen LogP contribution in [0.4, 0.5) is 0 Å². The maximum absolute atomic E-state index is 11.7. The van der Waals surface area contributed by atoms with Gasteiger partial charge in [-0.15, -0.1) is 0 Å². The summed E-state index contributed by atoms with van der Waals surface area (Å²) < 4.78 is 0. The number of nitrogens with zero attached hydrogens (tertiary/aromatic N) is 2. The summed E-state index contributed by atoms with van der Waals surface area (Å²) in [6.07, 6.45) is 6.47. The number of carbonyl (C=O) groups is 4. The summed E-state index contributed by atoms with van der Waals surface area (Å²) >= 11 is 0. The van der Waals surface area contributed by atoms with Gasteiger partial charge in [0.15, 0.2) is 0 Å². The van der Waals surface area contributed by atoms with E-state index in [1.807, 2.05) is 0 Å². The third-order valence-corrected chi connectivity index (χ3v) is 4.61. The molecular weight excluding hydrogens is 272 g/mol. The molecule has 4 amide bonds. The van der Waals surface area contributed by atoms with Gasteiger partial charge in [0.25, 0.3) is 11.8 Å². The first-order valence-electron chi connectivity index (χ1n) is 7.44. The minimum atomic E-state index is -0.243. The third kappa shape index (κ3) is 2.62. The second kappa shape index (κ2) is 5.42. The molecule has 0 aromatic rings. The summed E-state index contributed by atoms with van der Waals surface area (Å²) in [5, 5.41) is 0. The fraction of sp³-hybridized carbons (Fsp3) is 0.600. The number of imide groups is 2. The second-order valence-corrected chi connectivity index (χ2v) is 5.95. The Morgan fingerprint density at radius 2 is 1.38 bits per heavy atom. The molecule has 1 aliphatic carbocycles. The van der Waals surface area contributed by atoms with Gasteiger partial charge < -0.3 is 0 Å². The molecule has 0 radical (unpaired) electrons. The van der Waals surface area contributed by atoms with Crippen LogP contribution in [0.5, 0.6) is 0 Å². The van der Waals surface area contributed by atoms with E-state index in [1.165, 1.54) is 22.0 Å². The summed E-state index contributed by atoms with van der Waals surface area (Å²) in [5.74, 6) is -0.337. The zero-order valence-corrected chi connectivity index (χ0v) is 11.8. The van der Waals surface area contributed by atoms with Crippen molar-refractivity contribution in [1.82, 2.24) is 9.80 Å². The first-order chi connectivity index (χ1) is 10.1. The Balaban J connectivity index is 1.54. The lowest BCUT2D eigenvalue weighted by molar-refractivity contribution is -0.142. The van der Waals surface area contributed by atoms with Crippen LogP contribution in [0, 0.1) is 5.92 Å². The molecule has 6 heteroatoms. The van der Waals surface area contributed by atoms with Crippen LogP contribution in [0.3, 0.4) is 0 Å². The van der Waals surface area contributed by atoms with E-state index in [4.69, 9.17) is 0 Å². The molecule has 2 heterocycles. The SMILES string of the molecule is O=C1C=CC(=O)N1C[C@H]1CC[C@H](N2C(=O)CCC2=O)CC1. The Hall–Kier alpha value is -1.98. The second-order valence-electron chi connectivity index (χ2n) is 5.95. The van der Waals surface area contributed by atoms with Gasteiger partial charge in [0.2, 0.25) is 11.8 Å². The topological polar surface area (TPSA) is 74.8 Å². The molecule has 1 saturated heterocycles. The highest BCUT2D eigenvalue weighted by Gasteiger charge is 2.37. The van der Waals surface area contributed by atoms with Gasteiger partial charge in [-0.05, 0) is 31.6 Å². The Morgan fingerprint density at radius 1 is 0.857 bits per heavy atom. The first-order valence-corrected chi connectivity index (χ1v) is 7.44. The Bertz CT molecular complexity index is 498. The van der Waals surface area contributed by atoms with Crippen LogP contribution >= 0.6 is 0 Å². The molecule has 0 aromatic heterocycles. The molecule has 0 unspecified atom stereocenters. The monoisotopic (exact) mass is 290 g/mol. The van der Waals surface area contributed by atoms with Crippen molar-refractivity contribution in [2.75, 3.05) is 6.54 Å². The lowest BCUT2D eigenvalue weighted by Crippen LogP contribution is -2.43. The number of hydrogen-bond acceptors (Lipinski definition) is 4. The number of rotatable bonds is 3. The maximum Gasteiger partial charge on any atom is 0.253 e. The summed E-state index contributed by atoms with van der Waals surface area (Å²) in [6, 6.07) is 0.00635. The summed E-state index contributed by atoms with van der Waals surface area (Å²) in [5.41, 5.74) is 0. The van der Waals surface area contributed by atoms with Gasteiger partial charge in [0.05, 0.1) is 0 Å². The quantitative estimate of drug-likeness (QED) is 0.714. The van der Waals surface area contributed by atoms with Crippen LogP contribution in [0.15, 0.2) is 12.2 Å². The molecule has 3 rings (SSSR count). The smallest absolute Gasteiger partial charge is 0.253 e. The van der Waals surface area contributed by atoms with Crippen molar-refractivity contribution < 1.29 is 19.2 Å². The maximum atomic E-state index is 11.7. The van der Waals surface area contributed by atoms with Crippen LogP contribution in [0.25, 0.3) is 0 Å². The summed E-state index contributed by atoms with van der Waals surface area (Å²) in [6.45, 7) is 0.444. The average Bonchev–Trinajstić information content (AvgIpc) is 2.96. The van der Waals surface area contributed by atoms with Crippen molar-refractivity contribution in [2.24, 2.45) is 5.92 Å². The van der Waals surface area contributed by atoms with Crippen molar-refractivity contribution in [3.05, 3.63) is 12.2 Å². The van der Waals surface area contributed by atoms with Gasteiger partial charge >= 0.3 is 0 Å². The zero-order chi connectivity index (χ0) is 15.0. The molecule has 6 nitrogen and oxygen atoms in total. The van der Waals surface area contributed by atoms with Crippen LogP contribution in [-0.4, -0.2) is 46.0 Å². The number of carbonyl (C=O) groups excluding carboxylic acids is 4. The van der Waals surface area contributed by atoms with Crippen molar-refractivity contribution in [2.45, 2.75) is 44.6 Å². The highest BCUT2D eigenvalue weighted by atomic mass is 16.2. The largest absolute Gasteiger partial charge is 0.280 e. The Labute approximate surface area is 122 Å². The summed E-state index contributed by atoms with van der Waals surface area (Å²) in [4.78, 5) is 49.2. The predicted octanol–water partition coefficient (Wildman–Crippen LogP) is 0.619. The van der Waals surface area contributed by atoms with Crippen molar-refractivity contribution >= 4 is 23.6 Å².